The van der Waals surface area contributed by atoms with Crippen LogP contribution in [0.5, 0.6) is 0 Å². The summed E-state index contributed by atoms with van der Waals surface area (Å²) in [5.41, 5.74) is 1.56. The molecule has 0 aliphatic rings. The molecule has 6 nitrogen and oxygen atoms in total. The minimum absolute atomic E-state index is 0.249. The van der Waals surface area contributed by atoms with Crippen LogP contribution in [0.25, 0.3) is 0 Å². The molecule has 0 spiro atoms. The molecular formula is C17H16N4O2S. The Hall–Kier alpha value is -2.80. The lowest BCUT2D eigenvalue weighted by molar-refractivity contribution is 0.102. The van der Waals surface area contributed by atoms with Gasteiger partial charge in [-0.15, -0.1) is 5.10 Å². The van der Waals surface area contributed by atoms with E-state index < -0.39 is 10.8 Å². The van der Waals surface area contributed by atoms with Gasteiger partial charge in [-0.1, -0.05) is 30.3 Å². The minimum Gasteiger partial charge on any atom is -0.289 e. The second-order valence-corrected chi connectivity index (χ2v) is 6.56. The normalized spacial score (nSPS) is 11.9. The maximum atomic E-state index is 12.2. The molecule has 122 valence electrons. The Balaban J connectivity index is 1.65. The smallest absolute Gasteiger partial charge is 0.258 e. The Morgan fingerprint density at radius 2 is 1.83 bits per heavy atom. The van der Waals surface area contributed by atoms with Crippen molar-refractivity contribution in [3.63, 3.8) is 0 Å². The first kappa shape index (κ1) is 16.1. The highest BCUT2D eigenvalue weighted by atomic mass is 32.2. The van der Waals surface area contributed by atoms with Crippen LogP contribution in [0, 0.1) is 0 Å². The molecule has 7 heteroatoms. The zero-order valence-corrected chi connectivity index (χ0v) is 13.9. The number of anilines is 1. The first-order valence-corrected chi connectivity index (χ1v) is 8.86. The van der Waals surface area contributed by atoms with Crippen LogP contribution in [0.3, 0.4) is 0 Å². The van der Waals surface area contributed by atoms with Crippen molar-refractivity contribution in [3.05, 3.63) is 72.1 Å². The van der Waals surface area contributed by atoms with Gasteiger partial charge in [0.25, 0.3) is 5.91 Å². The lowest BCUT2D eigenvalue weighted by atomic mass is 10.2. The lowest BCUT2D eigenvalue weighted by Gasteiger charge is -2.03. The molecule has 0 aliphatic heterocycles. The lowest BCUT2D eigenvalue weighted by Crippen LogP contribution is -2.13. The fourth-order valence-corrected chi connectivity index (χ4v) is 2.69. The van der Waals surface area contributed by atoms with Crippen LogP contribution >= 0.6 is 0 Å². The van der Waals surface area contributed by atoms with E-state index in [0.717, 1.165) is 5.56 Å². The predicted octanol–water partition coefficient (Wildman–Crippen LogP) is 2.32. The summed E-state index contributed by atoms with van der Waals surface area (Å²) in [7, 11) is -1.06. The van der Waals surface area contributed by atoms with Gasteiger partial charge in [0.1, 0.15) is 6.33 Å². The number of hydrogen-bond acceptors (Lipinski definition) is 4. The quantitative estimate of drug-likeness (QED) is 0.773. The molecule has 3 aromatic rings. The zero-order valence-electron chi connectivity index (χ0n) is 13.0. The number of carbonyl (C=O) groups is 1. The Morgan fingerprint density at radius 3 is 2.50 bits per heavy atom. The van der Waals surface area contributed by atoms with Crippen molar-refractivity contribution in [3.8, 4) is 0 Å². The maximum Gasteiger partial charge on any atom is 0.258 e. The van der Waals surface area contributed by atoms with Crippen molar-refractivity contribution in [2.75, 3.05) is 11.6 Å². The monoisotopic (exact) mass is 340 g/mol. The molecule has 0 saturated heterocycles. The molecule has 1 N–H and O–H groups in total. The number of amides is 1. The average Bonchev–Trinajstić information content (AvgIpc) is 3.02. The van der Waals surface area contributed by atoms with Crippen LogP contribution < -0.4 is 5.32 Å². The van der Waals surface area contributed by atoms with Gasteiger partial charge in [-0.3, -0.25) is 14.3 Å². The standard InChI is InChI=1S/C17H16N4O2S/c1-24(23)15-9-7-14(8-10-15)16(22)19-17-18-12-21(20-17)11-13-5-3-2-4-6-13/h2-10,12H,11H2,1H3,(H,19,20,22). The van der Waals surface area contributed by atoms with E-state index in [1.165, 1.54) is 0 Å². The van der Waals surface area contributed by atoms with E-state index in [9.17, 15) is 9.00 Å². The van der Waals surface area contributed by atoms with Crippen molar-refractivity contribution in [2.24, 2.45) is 0 Å². The van der Waals surface area contributed by atoms with E-state index >= 15 is 0 Å². The molecule has 2 aromatic carbocycles. The first-order chi connectivity index (χ1) is 11.6. The second-order valence-electron chi connectivity index (χ2n) is 5.18. The highest BCUT2D eigenvalue weighted by Gasteiger charge is 2.10. The maximum absolute atomic E-state index is 12.2. The fraction of sp³-hybridized carbons (Fsp3) is 0.118. The molecular weight excluding hydrogens is 324 g/mol. The van der Waals surface area contributed by atoms with Gasteiger partial charge in [0.15, 0.2) is 0 Å². The van der Waals surface area contributed by atoms with Crippen LogP contribution in [0.2, 0.25) is 0 Å². The summed E-state index contributed by atoms with van der Waals surface area (Å²) >= 11 is 0. The van der Waals surface area contributed by atoms with Gasteiger partial charge < -0.3 is 0 Å². The molecule has 24 heavy (non-hydrogen) atoms. The highest BCUT2D eigenvalue weighted by Crippen LogP contribution is 2.10. The van der Waals surface area contributed by atoms with E-state index in [4.69, 9.17) is 0 Å². The number of nitrogens with zero attached hydrogens (tertiary/aromatic N) is 3. The summed E-state index contributed by atoms with van der Waals surface area (Å²) in [4.78, 5) is 17.0. The molecule has 0 bridgehead atoms. The molecule has 1 aromatic heterocycles. The number of carbonyl (C=O) groups excluding carboxylic acids is 1. The highest BCUT2D eigenvalue weighted by molar-refractivity contribution is 7.84. The van der Waals surface area contributed by atoms with Gasteiger partial charge in [-0.25, -0.2) is 9.67 Å². The molecule has 1 unspecified atom stereocenters. The summed E-state index contributed by atoms with van der Waals surface area (Å²) in [6.07, 6.45) is 3.17. The van der Waals surface area contributed by atoms with E-state index in [-0.39, 0.29) is 11.9 Å². The Bertz CT molecular complexity index is 860. The summed E-state index contributed by atoms with van der Waals surface area (Å²) in [6.45, 7) is 0.584. The average molecular weight is 340 g/mol. The van der Waals surface area contributed by atoms with Crippen molar-refractivity contribution < 1.29 is 9.00 Å². The number of hydrogen-bond donors (Lipinski definition) is 1. The molecule has 1 atom stereocenters. The Morgan fingerprint density at radius 1 is 1.12 bits per heavy atom. The van der Waals surface area contributed by atoms with E-state index in [0.29, 0.717) is 17.0 Å². The van der Waals surface area contributed by atoms with Crippen LogP contribution in [0.1, 0.15) is 15.9 Å². The van der Waals surface area contributed by atoms with Crippen molar-refractivity contribution in [1.29, 1.82) is 0 Å². The third kappa shape index (κ3) is 3.94. The Labute approximate surface area is 142 Å². The SMILES string of the molecule is CS(=O)c1ccc(C(=O)Nc2ncn(Cc3ccccc3)n2)cc1. The molecule has 0 aliphatic carbocycles. The van der Waals surface area contributed by atoms with Gasteiger partial charge in [-0.2, -0.15) is 0 Å². The largest absolute Gasteiger partial charge is 0.289 e. The van der Waals surface area contributed by atoms with Crippen LogP contribution in [0.4, 0.5) is 5.95 Å². The van der Waals surface area contributed by atoms with Crippen LogP contribution in [-0.4, -0.2) is 31.1 Å². The molecule has 0 saturated carbocycles. The predicted molar refractivity (Wildman–Crippen MR) is 92.3 cm³/mol. The van der Waals surface area contributed by atoms with Crippen molar-refractivity contribution in [2.45, 2.75) is 11.4 Å². The molecule has 1 heterocycles. The summed E-state index contributed by atoms with van der Waals surface area (Å²) < 4.78 is 13.0. The fourth-order valence-electron chi connectivity index (χ4n) is 2.17. The first-order valence-electron chi connectivity index (χ1n) is 7.30. The number of benzene rings is 2. The van der Waals surface area contributed by atoms with Gasteiger partial charge in [0, 0.05) is 27.5 Å². The van der Waals surface area contributed by atoms with Gasteiger partial charge >= 0.3 is 0 Å². The van der Waals surface area contributed by atoms with Gasteiger partial charge in [-0.05, 0) is 29.8 Å². The topological polar surface area (TPSA) is 76.9 Å². The van der Waals surface area contributed by atoms with Crippen molar-refractivity contribution >= 4 is 22.7 Å². The van der Waals surface area contributed by atoms with Gasteiger partial charge in [0.05, 0.1) is 6.54 Å². The van der Waals surface area contributed by atoms with E-state index in [2.05, 4.69) is 15.4 Å². The molecule has 3 rings (SSSR count). The number of rotatable bonds is 5. The molecule has 0 fully saturated rings. The van der Waals surface area contributed by atoms with Gasteiger partial charge in [0.2, 0.25) is 5.95 Å². The second kappa shape index (κ2) is 7.18. The molecule has 1 amide bonds. The zero-order chi connectivity index (χ0) is 16.9. The number of aromatic nitrogens is 3. The summed E-state index contributed by atoms with van der Waals surface area (Å²) in [6, 6.07) is 16.5. The van der Waals surface area contributed by atoms with E-state index in [1.54, 1.807) is 41.5 Å². The third-order valence-electron chi connectivity index (χ3n) is 3.40. The minimum atomic E-state index is -1.06. The Kier molecular flexibility index (Phi) is 4.81. The molecule has 0 radical (unpaired) electrons. The van der Waals surface area contributed by atoms with Crippen LogP contribution in [-0.2, 0) is 17.3 Å². The number of nitrogens with one attached hydrogen (secondary N) is 1. The van der Waals surface area contributed by atoms with Crippen LogP contribution in [0.15, 0.2) is 65.8 Å². The van der Waals surface area contributed by atoms with E-state index in [1.807, 2.05) is 30.3 Å². The summed E-state index contributed by atoms with van der Waals surface area (Å²) in [5, 5.41) is 6.90. The van der Waals surface area contributed by atoms with Crippen molar-refractivity contribution in [1.82, 2.24) is 14.8 Å². The third-order valence-corrected chi connectivity index (χ3v) is 4.33. The summed E-state index contributed by atoms with van der Waals surface area (Å²) in [5.74, 6) is -0.0556.